The standard InChI is InChI=1S/C21H20BrN3O3/c1-14(17-11-19-20(12-18(17)22)28-10-9-27-19)24-21(26)16-5-3-15(4-6-16)13-25-8-2-7-23-25/h2-8,11-12,14H,9-10,13H2,1H3,(H,24,26). The fourth-order valence-corrected chi connectivity index (χ4v) is 3.78. The SMILES string of the molecule is CC(NC(=O)c1ccc(Cn2cccn2)cc1)c1cc2c(cc1Br)OCCO2. The molecule has 0 bridgehead atoms. The van der Waals surface area contributed by atoms with Gasteiger partial charge in [0.25, 0.3) is 5.91 Å². The molecule has 0 saturated heterocycles. The van der Waals surface area contributed by atoms with Crippen LogP contribution in [-0.4, -0.2) is 28.9 Å². The molecule has 1 aliphatic rings. The van der Waals surface area contributed by atoms with E-state index < -0.39 is 0 Å². The van der Waals surface area contributed by atoms with Crippen LogP contribution in [0.1, 0.15) is 34.5 Å². The van der Waals surface area contributed by atoms with Gasteiger partial charge in [0.15, 0.2) is 11.5 Å². The first kappa shape index (κ1) is 18.6. The van der Waals surface area contributed by atoms with Gasteiger partial charge in [0, 0.05) is 22.4 Å². The zero-order valence-corrected chi connectivity index (χ0v) is 17.0. The van der Waals surface area contributed by atoms with Crippen LogP contribution in [0.25, 0.3) is 0 Å². The van der Waals surface area contributed by atoms with Crippen molar-refractivity contribution in [2.45, 2.75) is 19.5 Å². The highest BCUT2D eigenvalue weighted by Gasteiger charge is 2.19. The molecule has 1 N–H and O–H groups in total. The maximum absolute atomic E-state index is 12.7. The van der Waals surface area contributed by atoms with Crippen molar-refractivity contribution in [1.82, 2.24) is 15.1 Å². The predicted molar refractivity (Wildman–Crippen MR) is 109 cm³/mol. The minimum Gasteiger partial charge on any atom is -0.486 e. The van der Waals surface area contributed by atoms with Gasteiger partial charge in [-0.1, -0.05) is 28.1 Å². The number of halogens is 1. The van der Waals surface area contributed by atoms with Crippen LogP contribution in [0.5, 0.6) is 11.5 Å². The van der Waals surface area contributed by atoms with Gasteiger partial charge in [0.1, 0.15) is 13.2 Å². The molecule has 7 heteroatoms. The van der Waals surface area contributed by atoms with Gasteiger partial charge in [0.2, 0.25) is 0 Å². The van der Waals surface area contributed by atoms with Gasteiger partial charge < -0.3 is 14.8 Å². The third-order valence-electron chi connectivity index (χ3n) is 4.60. The van der Waals surface area contributed by atoms with Crippen molar-refractivity contribution in [2.75, 3.05) is 13.2 Å². The normalized spacial score (nSPS) is 13.8. The van der Waals surface area contributed by atoms with Crippen LogP contribution in [0, 0.1) is 0 Å². The van der Waals surface area contributed by atoms with Gasteiger partial charge in [-0.3, -0.25) is 9.48 Å². The topological polar surface area (TPSA) is 65.4 Å². The predicted octanol–water partition coefficient (Wildman–Crippen LogP) is 3.96. The Kier molecular flexibility index (Phi) is 5.34. The molecule has 6 nitrogen and oxygen atoms in total. The number of carbonyl (C=O) groups is 1. The number of rotatable bonds is 5. The quantitative estimate of drug-likeness (QED) is 0.650. The highest BCUT2D eigenvalue weighted by Crippen LogP contribution is 2.37. The molecule has 0 saturated carbocycles. The second kappa shape index (κ2) is 8.06. The van der Waals surface area contributed by atoms with Crippen molar-refractivity contribution < 1.29 is 14.3 Å². The van der Waals surface area contributed by atoms with Gasteiger partial charge >= 0.3 is 0 Å². The van der Waals surface area contributed by atoms with Crippen LogP contribution in [0.2, 0.25) is 0 Å². The number of nitrogens with zero attached hydrogens (tertiary/aromatic N) is 2. The summed E-state index contributed by atoms with van der Waals surface area (Å²) >= 11 is 3.56. The van der Waals surface area contributed by atoms with Crippen molar-refractivity contribution in [3.8, 4) is 11.5 Å². The first-order valence-electron chi connectivity index (χ1n) is 9.06. The smallest absolute Gasteiger partial charge is 0.251 e. The third-order valence-corrected chi connectivity index (χ3v) is 5.28. The number of carbonyl (C=O) groups excluding carboxylic acids is 1. The van der Waals surface area contributed by atoms with E-state index in [9.17, 15) is 4.79 Å². The summed E-state index contributed by atoms with van der Waals surface area (Å²) in [5.74, 6) is 1.29. The molecule has 0 spiro atoms. The maximum atomic E-state index is 12.7. The summed E-state index contributed by atoms with van der Waals surface area (Å²) in [7, 11) is 0. The molecule has 1 amide bonds. The molecule has 144 valence electrons. The zero-order chi connectivity index (χ0) is 19.5. The number of amides is 1. The average molecular weight is 442 g/mol. The van der Waals surface area contributed by atoms with Crippen molar-refractivity contribution in [3.05, 3.63) is 76.0 Å². The fourth-order valence-electron chi connectivity index (χ4n) is 3.11. The minimum atomic E-state index is -0.193. The Morgan fingerprint density at radius 3 is 2.61 bits per heavy atom. The van der Waals surface area contributed by atoms with Gasteiger partial charge in [-0.2, -0.15) is 5.10 Å². The second-order valence-electron chi connectivity index (χ2n) is 6.61. The fraction of sp³-hybridized carbons (Fsp3) is 0.238. The largest absolute Gasteiger partial charge is 0.486 e. The van der Waals surface area contributed by atoms with Gasteiger partial charge in [-0.05, 0) is 48.4 Å². The molecular weight excluding hydrogens is 422 g/mol. The van der Waals surface area contributed by atoms with E-state index in [0.717, 1.165) is 15.6 Å². The molecular formula is C21H20BrN3O3. The first-order valence-corrected chi connectivity index (χ1v) is 9.86. The summed E-state index contributed by atoms with van der Waals surface area (Å²) < 4.78 is 14.0. The molecule has 1 unspecified atom stereocenters. The van der Waals surface area contributed by atoms with E-state index in [1.165, 1.54) is 0 Å². The summed E-state index contributed by atoms with van der Waals surface area (Å²) in [5.41, 5.74) is 2.64. The Morgan fingerprint density at radius 1 is 1.21 bits per heavy atom. The van der Waals surface area contributed by atoms with Gasteiger partial charge in [-0.25, -0.2) is 0 Å². The third kappa shape index (κ3) is 4.04. The Hall–Kier alpha value is -2.80. The van der Waals surface area contributed by atoms with E-state index in [4.69, 9.17) is 9.47 Å². The van der Waals surface area contributed by atoms with E-state index in [-0.39, 0.29) is 11.9 Å². The number of fused-ring (bicyclic) bond motifs is 1. The molecule has 1 atom stereocenters. The highest BCUT2D eigenvalue weighted by atomic mass is 79.9. The van der Waals surface area contributed by atoms with E-state index >= 15 is 0 Å². The van der Waals surface area contributed by atoms with Crippen molar-refractivity contribution in [1.29, 1.82) is 0 Å². The maximum Gasteiger partial charge on any atom is 0.251 e. The Morgan fingerprint density at radius 2 is 1.93 bits per heavy atom. The van der Waals surface area contributed by atoms with Crippen LogP contribution in [-0.2, 0) is 6.54 Å². The lowest BCUT2D eigenvalue weighted by Crippen LogP contribution is -2.27. The molecule has 0 radical (unpaired) electrons. The van der Waals surface area contributed by atoms with E-state index in [1.807, 2.05) is 60.3 Å². The van der Waals surface area contributed by atoms with Crippen molar-refractivity contribution in [3.63, 3.8) is 0 Å². The lowest BCUT2D eigenvalue weighted by Gasteiger charge is -2.22. The Bertz CT molecular complexity index is 971. The number of ether oxygens (including phenoxy) is 2. The summed E-state index contributed by atoms with van der Waals surface area (Å²) in [6, 6.07) is 13.1. The molecule has 28 heavy (non-hydrogen) atoms. The van der Waals surface area contributed by atoms with Crippen molar-refractivity contribution >= 4 is 21.8 Å². The van der Waals surface area contributed by atoms with Gasteiger partial charge in [-0.15, -0.1) is 0 Å². The van der Waals surface area contributed by atoms with Crippen LogP contribution in [0.4, 0.5) is 0 Å². The average Bonchev–Trinajstić information content (AvgIpc) is 3.21. The van der Waals surface area contributed by atoms with E-state index in [1.54, 1.807) is 6.20 Å². The summed E-state index contributed by atoms with van der Waals surface area (Å²) in [6.45, 7) is 3.69. The summed E-state index contributed by atoms with van der Waals surface area (Å²) in [6.07, 6.45) is 3.66. The molecule has 2 aromatic carbocycles. The lowest BCUT2D eigenvalue weighted by atomic mass is 10.1. The Labute approximate surface area is 171 Å². The first-order chi connectivity index (χ1) is 13.6. The number of hydrogen-bond donors (Lipinski definition) is 1. The van der Waals surface area contributed by atoms with Gasteiger partial charge in [0.05, 0.1) is 12.6 Å². The molecule has 4 rings (SSSR count). The second-order valence-corrected chi connectivity index (χ2v) is 7.47. The number of aromatic nitrogens is 2. The van der Waals surface area contributed by atoms with Crippen molar-refractivity contribution in [2.24, 2.45) is 0 Å². The van der Waals surface area contributed by atoms with Crippen LogP contribution in [0.3, 0.4) is 0 Å². The number of benzene rings is 2. The zero-order valence-electron chi connectivity index (χ0n) is 15.4. The molecule has 0 fully saturated rings. The van der Waals surface area contributed by atoms with Crippen LogP contribution < -0.4 is 14.8 Å². The summed E-state index contributed by atoms with van der Waals surface area (Å²) in [4.78, 5) is 12.7. The molecule has 1 aliphatic heterocycles. The minimum absolute atomic E-state index is 0.125. The monoisotopic (exact) mass is 441 g/mol. The highest BCUT2D eigenvalue weighted by molar-refractivity contribution is 9.10. The Balaban J connectivity index is 1.44. The number of nitrogens with one attached hydrogen (secondary N) is 1. The molecule has 0 aliphatic carbocycles. The molecule has 2 heterocycles. The van der Waals surface area contributed by atoms with Crippen LogP contribution >= 0.6 is 15.9 Å². The lowest BCUT2D eigenvalue weighted by molar-refractivity contribution is 0.0939. The molecule has 3 aromatic rings. The van der Waals surface area contributed by atoms with Crippen LogP contribution in [0.15, 0.2) is 59.3 Å². The van der Waals surface area contributed by atoms with E-state index in [0.29, 0.717) is 36.8 Å². The number of hydrogen-bond acceptors (Lipinski definition) is 4. The molecule has 1 aromatic heterocycles. The van der Waals surface area contributed by atoms with E-state index in [2.05, 4.69) is 26.3 Å². The summed E-state index contributed by atoms with van der Waals surface area (Å²) in [5, 5.41) is 7.24.